The summed E-state index contributed by atoms with van der Waals surface area (Å²) in [5, 5.41) is 20.5. The molecule has 0 saturated heterocycles. The number of nitrogens with two attached hydrogens (primary N) is 1. The molecule has 1 unspecified atom stereocenters. The van der Waals surface area contributed by atoms with Crippen molar-refractivity contribution in [2.45, 2.75) is 19.9 Å². The van der Waals surface area contributed by atoms with Crippen LogP contribution in [0.15, 0.2) is 57.9 Å². The first-order chi connectivity index (χ1) is 13.8. The fraction of sp³-hybridized carbons (Fsp3) is 0.136. The van der Waals surface area contributed by atoms with Crippen molar-refractivity contribution in [2.75, 3.05) is 5.32 Å². The molecule has 7 heteroatoms. The Bertz CT molecular complexity index is 1190. The zero-order chi connectivity index (χ0) is 21.1. The van der Waals surface area contributed by atoms with Crippen LogP contribution in [0.1, 0.15) is 40.2 Å². The van der Waals surface area contributed by atoms with Crippen LogP contribution >= 0.6 is 0 Å². The predicted molar refractivity (Wildman–Crippen MR) is 114 cm³/mol. The highest BCUT2D eigenvalue weighted by molar-refractivity contribution is 6.07. The number of carboxylic acid groups (broad SMARTS) is 1. The molecule has 1 heterocycles. The maximum Gasteiger partial charge on any atom is 0.337 e. The molecular weight excluding hydrogens is 370 g/mol. The number of rotatable bonds is 6. The molecule has 1 aromatic heterocycles. The second kappa shape index (κ2) is 8.02. The van der Waals surface area contributed by atoms with E-state index in [4.69, 9.17) is 15.6 Å². The quantitative estimate of drug-likeness (QED) is 0.471. The minimum Gasteiger partial charge on any atom is -0.478 e. The number of hydrogen-bond acceptors (Lipinski definition) is 6. The van der Waals surface area contributed by atoms with E-state index in [0.717, 1.165) is 11.8 Å². The third-order valence-electron chi connectivity index (χ3n) is 4.62. The molecule has 0 radical (unpaired) electrons. The van der Waals surface area contributed by atoms with Gasteiger partial charge >= 0.3 is 5.97 Å². The number of allylic oxidation sites excluding steroid dienone is 1. The van der Waals surface area contributed by atoms with E-state index in [1.165, 1.54) is 18.3 Å². The van der Waals surface area contributed by atoms with E-state index in [9.17, 15) is 14.7 Å². The molecule has 0 amide bonds. The molecule has 7 nitrogen and oxygen atoms in total. The van der Waals surface area contributed by atoms with Gasteiger partial charge in [-0.2, -0.15) is 0 Å². The van der Waals surface area contributed by atoms with E-state index in [1.54, 1.807) is 24.3 Å². The van der Waals surface area contributed by atoms with E-state index < -0.39 is 5.97 Å². The molecule has 0 aliphatic carbocycles. The zero-order valence-electron chi connectivity index (χ0n) is 16.0. The lowest BCUT2D eigenvalue weighted by Gasteiger charge is -2.19. The SMILES string of the molecule is Cc1cc(C(C)Nc2ccccc2C(=O)O)c2oc(/C(C=N)=C/N)cc(=O)c2c1. The van der Waals surface area contributed by atoms with Crippen LogP contribution in [0.3, 0.4) is 0 Å². The summed E-state index contributed by atoms with van der Waals surface area (Å²) in [6.07, 6.45) is 2.22. The summed E-state index contributed by atoms with van der Waals surface area (Å²) in [5.74, 6) is -0.838. The van der Waals surface area contributed by atoms with Crippen molar-refractivity contribution in [1.82, 2.24) is 0 Å². The molecule has 5 N–H and O–H groups in total. The van der Waals surface area contributed by atoms with Gasteiger partial charge < -0.3 is 26.0 Å². The van der Waals surface area contributed by atoms with Crippen LogP contribution in [0.2, 0.25) is 0 Å². The number of fused-ring (bicyclic) bond motifs is 1. The number of benzene rings is 2. The van der Waals surface area contributed by atoms with Gasteiger partial charge in [-0.05, 0) is 37.6 Å². The highest BCUT2D eigenvalue weighted by Crippen LogP contribution is 2.30. The highest BCUT2D eigenvalue weighted by Gasteiger charge is 2.18. The number of nitrogens with one attached hydrogen (secondary N) is 2. The molecule has 148 valence electrons. The van der Waals surface area contributed by atoms with Gasteiger partial charge in [0, 0.05) is 29.7 Å². The van der Waals surface area contributed by atoms with Gasteiger partial charge in [0.2, 0.25) is 0 Å². The van der Waals surface area contributed by atoms with Gasteiger partial charge in [0.25, 0.3) is 0 Å². The van der Waals surface area contributed by atoms with Crippen molar-refractivity contribution in [3.8, 4) is 0 Å². The molecule has 2 aromatic carbocycles. The van der Waals surface area contributed by atoms with Gasteiger partial charge in [0.05, 0.1) is 22.6 Å². The Labute approximate surface area is 167 Å². The number of anilines is 1. The van der Waals surface area contributed by atoms with E-state index in [2.05, 4.69) is 5.32 Å². The van der Waals surface area contributed by atoms with Crippen LogP contribution in [-0.4, -0.2) is 17.3 Å². The number of para-hydroxylation sites is 1. The van der Waals surface area contributed by atoms with Gasteiger partial charge in [0.15, 0.2) is 5.43 Å². The van der Waals surface area contributed by atoms with Crippen LogP contribution < -0.4 is 16.5 Å². The van der Waals surface area contributed by atoms with E-state index in [-0.39, 0.29) is 28.4 Å². The second-order valence-electron chi connectivity index (χ2n) is 6.69. The van der Waals surface area contributed by atoms with Crippen LogP contribution in [-0.2, 0) is 0 Å². The average molecular weight is 391 g/mol. The molecule has 0 fully saturated rings. The van der Waals surface area contributed by atoms with Crippen molar-refractivity contribution < 1.29 is 14.3 Å². The summed E-state index contributed by atoms with van der Waals surface area (Å²) in [4.78, 5) is 24.2. The molecule has 0 aliphatic rings. The Morgan fingerprint density at radius 3 is 2.66 bits per heavy atom. The molecule has 0 saturated carbocycles. The third-order valence-corrected chi connectivity index (χ3v) is 4.62. The minimum absolute atomic E-state index is 0.149. The topological polar surface area (TPSA) is 129 Å². The third kappa shape index (κ3) is 3.89. The fourth-order valence-electron chi connectivity index (χ4n) is 3.21. The summed E-state index contributed by atoms with van der Waals surface area (Å²) in [7, 11) is 0. The largest absolute Gasteiger partial charge is 0.478 e. The van der Waals surface area contributed by atoms with Crippen molar-refractivity contribution in [3.05, 3.63) is 81.3 Å². The first-order valence-corrected chi connectivity index (χ1v) is 8.95. The van der Waals surface area contributed by atoms with Gasteiger partial charge in [-0.25, -0.2) is 4.79 Å². The Balaban J connectivity index is 2.17. The predicted octanol–water partition coefficient (Wildman–Crippen LogP) is 3.92. The summed E-state index contributed by atoms with van der Waals surface area (Å²) < 4.78 is 5.95. The van der Waals surface area contributed by atoms with Gasteiger partial charge in [-0.3, -0.25) is 4.79 Å². The average Bonchev–Trinajstić information content (AvgIpc) is 2.69. The fourth-order valence-corrected chi connectivity index (χ4v) is 3.21. The molecule has 0 bridgehead atoms. The van der Waals surface area contributed by atoms with Crippen LogP contribution in [0.4, 0.5) is 5.69 Å². The van der Waals surface area contributed by atoms with Crippen molar-refractivity contribution >= 4 is 34.4 Å². The first-order valence-electron chi connectivity index (χ1n) is 8.95. The summed E-state index contributed by atoms with van der Waals surface area (Å²) in [5.41, 5.74) is 8.12. The molecule has 3 aromatic rings. The van der Waals surface area contributed by atoms with Gasteiger partial charge in [0.1, 0.15) is 11.3 Å². The van der Waals surface area contributed by atoms with E-state index in [1.807, 2.05) is 19.9 Å². The van der Waals surface area contributed by atoms with Gasteiger partial charge in [-0.1, -0.05) is 18.2 Å². The molecular formula is C22H21N3O4. The summed E-state index contributed by atoms with van der Waals surface area (Å²) in [6, 6.07) is 11.2. The van der Waals surface area contributed by atoms with Crippen LogP contribution in [0, 0.1) is 12.3 Å². The standard InChI is InChI=1S/C22H21N3O4/c1-12-7-16(13(2)25-18-6-4-3-5-15(18)22(27)28)21-17(8-12)19(26)9-20(29-21)14(10-23)11-24/h3-11,13,23,25H,24H2,1-2H3,(H,27,28)/b14-11+,23-10?. The molecule has 29 heavy (non-hydrogen) atoms. The monoisotopic (exact) mass is 391 g/mol. The highest BCUT2D eigenvalue weighted by atomic mass is 16.4. The first kappa shape index (κ1) is 19.9. The summed E-state index contributed by atoms with van der Waals surface area (Å²) >= 11 is 0. The normalized spacial score (nSPS) is 12.6. The van der Waals surface area contributed by atoms with E-state index >= 15 is 0 Å². The number of hydrogen-bond donors (Lipinski definition) is 4. The lowest BCUT2D eigenvalue weighted by Crippen LogP contribution is -2.13. The van der Waals surface area contributed by atoms with E-state index in [0.29, 0.717) is 22.2 Å². The Kier molecular flexibility index (Phi) is 5.50. The van der Waals surface area contributed by atoms with Crippen LogP contribution in [0.25, 0.3) is 16.5 Å². The molecule has 0 aliphatic heterocycles. The molecule has 1 atom stereocenters. The minimum atomic E-state index is -1.04. The smallest absolute Gasteiger partial charge is 0.337 e. The van der Waals surface area contributed by atoms with Gasteiger partial charge in [-0.15, -0.1) is 0 Å². The van der Waals surface area contributed by atoms with Crippen molar-refractivity contribution in [3.63, 3.8) is 0 Å². The molecule has 3 rings (SSSR count). The lowest BCUT2D eigenvalue weighted by molar-refractivity contribution is 0.0698. The van der Waals surface area contributed by atoms with Crippen molar-refractivity contribution in [2.24, 2.45) is 5.73 Å². The van der Waals surface area contributed by atoms with Crippen molar-refractivity contribution in [1.29, 1.82) is 5.41 Å². The maximum absolute atomic E-state index is 12.7. The Morgan fingerprint density at radius 2 is 2.00 bits per heavy atom. The number of aryl methyl sites for hydroxylation is 1. The summed E-state index contributed by atoms with van der Waals surface area (Å²) in [6.45, 7) is 3.73. The molecule has 0 spiro atoms. The zero-order valence-corrected chi connectivity index (χ0v) is 16.0. The number of carboxylic acids is 1. The lowest BCUT2D eigenvalue weighted by atomic mass is 10.00. The Morgan fingerprint density at radius 1 is 1.28 bits per heavy atom. The van der Waals surface area contributed by atoms with Crippen LogP contribution in [0.5, 0.6) is 0 Å². The Hall–Kier alpha value is -3.87. The second-order valence-corrected chi connectivity index (χ2v) is 6.69. The maximum atomic E-state index is 12.7. The number of aromatic carboxylic acids is 1. The number of carbonyl (C=O) groups is 1.